The molecule has 0 atom stereocenters. The zero-order chi connectivity index (χ0) is 16.3. The molecular weight excluding hydrogens is 364 g/mol. The molecule has 0 unspecified atom stereocenters. The average Bonchev–Trinajstić information content (AvgIpc) is 2.84. The number of aromatic nitrogens is 1. The highest BCUT2D eigenvalue weighted by Crippen LogP contribution is 2.41. The lowest BCUT2D eigenvalue weighted by Crippen LogP contribution is -2.00. The summed E-state index contributed by atoms with van der Waals surface area (Å²) in [5.74, 6) is 0.774. The van der Waals surface area contributed by atoms with Crippen molar-refractivity contribution in [3.63, 3.8) is 0 Å². The van der Waals surface area contributed by atoms with Crippen molar-refractivity contribution in [1.29, 1.82) is 0 Å². The Balaban J connectivity index is 2.37. The fourth-order valence-electron chi connectivity index (χ4n) is 1.70. The van der Waals surface area contributed by atoms with Crippen molar-refractivity contribution in [2.75, 3.05) is 25.4 Å². The number of hydrogen-bond donors (Lipinski definition) is 0. The van der Waals surface area contributed by atoms with Gasteiger partial charge in [0.15, 0.2) is 5.82 Å². The van der Waals surface area contributed by atoms with Gasteiger partial charge in [-0.05, 0) is 23.7 Å². The second-order valence-electron chi connectivity index (χ2n) is 4.70. The van der Waals surface area contributed by atoms with Gasteiger partial charge in [0, 0.05) is 32.9 Å². The van der Waals surface area contributed by atoms with Crippen molar-refractivity contribution in [3.8, 4) is 0 Å². The standard InChI is InChI=1S/C13H15ClN2O3S3/c1-19-10(17)6-7-20-9-5-4-8(14)11-12(9)21-15-13(11)16-22(2,3)18/h4-5H,6-7H2,1-3H3. The van der Waals surface area contributed by atoms with E-state index in [0.717, 1.165) is 9.60 Å². The number of carbonyl (C=O) groups is 1. The maximum absolute atomic E-state index is 11.9. The largest absolute Gasteiger partial charge is 0.469 e. The van der Waals surface area contributed by atoms with E-state index >= 15 is 0 Å². The molecule has 0 fully saturated rings. The van der Waals surface area contributed by atoms with Crippen molar-refractivity contribution in [2.45, 2.75) is 11.3 Å². The lowest BCUT2D eigenvalue weighted by molar-refractivity contribution is -0.140. The van der Waals surface area contributed by atoms with Crippen molar-refractivity contribution < 1.29 is 13.7 Å². The molecule has 5 nitrogen and oxygen atoms in total. The van der Waals surface area contributed by atoms with Crippen LogP contribution in [0.15, 0.2) is 21.4 Å². The topological polar surface area (TPSA) is 68.6 Å². The van der Waals surface area contributed by atoms with Gasteiger partial charge in [-0.3, -0.25) is 4.79 Å². The van der Waals surface area contributed by atoms with Crippen molar-refractivity contribution in [2.24, 2.45) is 4.36 Å². The molecule has 0 amide bonds. The van der Waals surface area contributed by atoms with Crippen LogP contribution in [0, 0.1) is 0 Å². The van der Waals surface area contributed by atoms with E-state index in [-0.39, 0.29) is 5.97 Å². The minimum absolute atomic E-state index is 0.241. The molecule has 1 heterocycles. The molecule has 0 saturated carbocycles. The van der Waals surface area contributed by atoms with Crippen molar-refractivity contribution in [1.82, 2.24) is 4.37 Å². The first-order valence-corrected chi connectivity index (χ1v) is 10.7. The van der Waals surface area contributed by atoms with E-state index in [4.69, 9.17) is 11.6 Å². The highest BCUT2D eigenvalue weighted by atomic mass is 35.5. The average molecular weight is 379 g/mol. The first kappa shape index (κ1) is 17.5. The number of thioether (sulfide) groups is 1. The summed E-state index contributed by atoms with van der Waals surface area (Å²) >= 11 is 9.04. The third-order valence-corrected chi connectivity index (χ3v) is 5.60. The number of methoxy groups -OCH3 is 1. The number of fused-ring (bicyclic) bond motifs is 1. The highest BCUT2D eigenvalue weighted by Gasteiger charge is 2.15. The van der Waals surface area contributed by atoms with Crippen LogP contribution >= 0.6 is 34.9 Å². The SMILES string of the molecule is COC(=O)CCSc1ccc(Cl)c2c(N=S(C)(C)=O)nsc12. The summed E-state index contributed by atoms with van der Waals surface area (Å²) in [6.45, 7) is 0. The minimum Gasteiger partial charge on any atom is -0.469 e. The number of benzene rings is 1. The van der Waals surface area contributed by atoms with Crippen LogP contribution in [0.1, 0.15) is 6.42 Å². The molecular formula is C13H15ClN2O3S3. The number of rotatable bonds is 5. The van der Waals surface area contributed by atoms with Gasteiger partial charge in [-0.2, -0.15) is 8.74 Å². The van der Waals surface area contributed by atoms with Gasteiger partial charge in [0.2, 0.25) is 0 Å². The molecule has 2 aromatic rings. The Hall–Kier alpha value is -0.830. The van der Waals surface area contributed by atoms with E-state index in [1.54, 1.807) is 18.6 Å². The molecule has 0 radical (unpaired) electrons. The molecule has 0 saturated heterocycles. The molecule has 9 heteroatoms. The summed E-state index contributed by atoms with van der Waals surface area (Å²) in [7, 11) is -0.935. The first-order valence-electron chi connectivity index (χ1n) is 6.26. The van der Waals surface area contributed by atoms with E-state index in [1.807, 2.05) is 6.07 Å². The van der Waals surface area contributed by atoms with Gasteiger partial charge in [0.25, 0.3) is 0 Å². The van der Waals surface area contributed by atoms with Crippen LogP contribution in [-0.2, 0) is 19.3 Å². The Kier molecular flexibility index (Phi) is 5.70. The van der Waals surface area contributed by atoms with Crippen LogP contribution in [0.3, 0.4) is 0 Å². The fraction of sp³-hybridized carbons (Fsp3) is 0.385. The summed E-state index contributed by atoms with van der Waals surface area (Å²) in [5, 5.41) is 1.25. The molecule has 1 aromatic heterocycles. The van der Waals surface area contributed by atoms with E-state index < -0.39 is 9.73 Å². The zero-order valence-electron chi connectivity index (χ0n) is 12.3. The van der Waals surface area contributed by atoms with E-state index in [9.17, 15) is 9.00 Å². The van der Waals surface area contributed by atoms with Crippen LogP contribution in [0.4, 0.5) is 5.82 Å². The number of carbonyl (C=O) groups excluding carboxylic acids is 1. The van der Waals surface area contributed by atoms with Gasteiger partial charge < -0.3 is 4.74 Å². The first-order chi connectivity index (χ1) is 10.3. The number of esters is 1. The number of nitrogens with zero attached hydrogens (tertiary/aromatic N) is 2. The molecule has 22 heavy (non-hydrogen) atoms. The van der Waals surface area contributed by atoms with Crippen LogP contribution in [0.2, 0.25) is 5.02 Å². The third-order valence-electron chi connectivity index (χ3n) is 2.62. The molecule has 0 aliphatic heterocycles. The Morgan fingerprint density at radius 2 is 2.23 bits per heavy atom. The fourth-order valence-corrected chi connectivity index (χ4v) is 4.54. The number of halogens is 1. The van der Waals surface area contributed by atoms with Crippen LogP contribution < -0.4 is 0 Å². The molecule has 0 aliphatic carbocycles. The Bertz CT molecular complexity index is 817. The Labute approximate surface area is 142 Å². The maximum atomic E-state index is 11.9. The lowest BCUT2D eigenvalue weighted by atomic mass is 10.2. The van der Waals surface area contributed by atoms with Crippen molar-refractivity contribution >= 4 is 66.5 Å². The second kappa shape index (κ2) is 7.16. The Morgan fingerprint density at radius 3 is 2.86 bits per heavy atom. The van der Waals surface area contributed by atoms with Crippen molar-refractivity contribution in [3.05, 3.63) is 17.2 Å². The smallest absolute Gasteiger partial charge is 0.306 e. The summed E-state index contributed by atoms with van der Waals surface area (Å²) in [5.41, 5.74) is 0. The minimum atomic E-state index is -2.31. The molecule has 0 bridgehead atoms. The predicted molar refractivity (Wildman–Crippen MR) is 94.1 cm³/mol. The maximum Gasteiger partial charge on any atom is 0.306 e. The summed E-state index contributed by atoms with van der Waals surface area (Å²) in [6, 6.07) is 3.66. The predicted octanol–water partition coefficient (Wildman–Crippen LogP) is 3.96. The highest BCUT2D eigenvalue weighted by molar-refractivity contribution is 7.99. The zero-order valence-corrected chi connectivity index (χ0v) is 15.5. The molecule has 0 spiro atoms. The number of hydrogen-bond acceptors (Lipinski definition) is 7. The van der Waals surface area contributed by atoms with Gasteiger partial charge in [0.1, 0.15) is 0 Å². The van der Waals surface area contributed by atoms with Gasteiger partial charge >= 0.3 is 5.97 Å². The second-order valence-corrected chi connectivity index (χ2v) is 9.57. The Morgan fingerprint density at radius 1 is 1.50 bits per heavy atom. The lowest BCUT2D eigenvalue weighted by Gasteiger charge is -2.04. The molecule has 2 rings (SSSR count). The van der Waals surface area contributed by atoms with Gasteiger partial charge in [0.05, 0.1) is 28.6 Å². The molecule has 1 aromatic carbocycles. The van der Waals surface area contributed by atoms with Gasteiger partial charge in [-0.25, -0.2) is 4.21 Å². The summed E-state index contributed by atoms with van der Waals surface area (Å²) in [6.07, 6.45) is 3.45. The van der Waals surface area contributed by atoms with E-state index in [2.05, 4.69) is 13.5 Å². The van der Waals surface area contributed by atoms with E-state index in [0.29, 0.717) is 28.4 Å². The van der Waals surface area contributed by atoms with Crippen LogP contribution in [0.5, 0.6) is 0 Å². The quantitative estimate of drug-likeness (QED) is 0.581. The summed E-state index contributed by atoms with van der Waals surface area (Å²) in [4.78, 5) is 12.1. The van der Waals surface area contributed by atoms with Gasteiger partial charge in [-0.15, -0.1) is 11.8 Å². The van der Waals surface area contributed by atoms with Crippen LogP contribution in [-0.4, -0.2) is 39.9 Å². The molecule has 0 N–H and O–H groups in total. The third kappa shape index (κ3) is 4.34. The van der Waals surface area contributed by atoms with Gasteiger partial charge in [-0.1, -0.05) is 11.6 Å². The van der Waals surface area contributed by atoms with Crippen LogP contribution in [0.25, 0.3) is 10.1 Å². The number of ether oxygens (including phenoxy) is 1. The molecule has 0 aliphatic rings. The monoisotopic (exact) mass is 378 g/mol. The summed E-state index contributed by atoms with van der Waals surface area (Å²) < 4.78 is 25.8. The normalized spacial score (nSPS) is 11.6. The van der Waals surface area contributed by atoms with E-state index in [1.165, 1.54) is 30.4 Å². The molecule has 120 valence electrons.